The number of allylic oxidation sites excluding steroid dienone is 3. The normalized spacial score (nSPS) is 39.6. The molecule has 1 nitrogen and oxygen atoms in total. The van der Waals surface area contributed by atoms with Crippen molar-refractivity contribution in [2.75, 3.05) is 0 Å². The van der Waals surface area contributed by atoms with Crippen LogP contribution >= 0.6 is 0 Å². The molecule has 0 radical (unpaired) electrons. The quantitative estimate of drug-likeness (QED) is 0.237. The topological polar surface area (TPSA) is 9.23 Å². The van der Waals surface area contributed by atoms with Crippen molar-refractivity contribution in [3.05, 3.63) is 23.3 Å². The van der Waals surface area contributed by atoms with Gasteiger partial charge in [0.05, 0.1) is 0 Å². The smallest absolute Gasteiger partial charge is 0.192 e. The third-order valence-corrected chi connectivity index (χ3v) is 17.6. The second-order valence-electron chi connectivity index (χ2n) is 16.3. The van der Waals surface area contributed by atoms with Crippen LogP contribution in [-0.4, -0.2) is 14.4 Å². The first-order chi connectivity index (χ1) is 17.1. The van der Waals surface area contributed by atoms with Crippen LogP contribution in [0.1, 0.15) is 127 Å². The molecule has 212 valence electrons. The number of fused-ring (bicyclic) bond motifs is 5. The number of hydrogen-bond donors (Lipinski definition) is 0. The molecule has 4 rings (SSSR count). The van der Waals surface area contributed by atoms with E-state index in [1.807, 2.05) is 0 Å². The molecule has 2 heteroatoms. The largest absolute Gasteiger partial charge is 0.414 e. The summed E-state index contributed by atoms with van der Waals surface area (Å²) in [5.41, 5.74) is 4.45. The standard InChI is InChI=1S/C35H62OSi/c1-12-26(24(2)3)14-13-25(4)30-17-18-31-29-16-15-27-23-28(36-37(10,11)33(5,6)7)19-21-34(27,8)32(29)20-22-35(30,31)9/h12,15,24-25,28-32H,13-14,16-23H2,1-11H3/b26-12-/t25-,28+,29+,30-,31+,32+,34+,35-/m1/s1. The Morgan fingerprint density at radius 2 is 1.76 bits per heavy atom. The fraction of sp³-hybridized carbons (Fsp3) is 0.886. The van der Waals surface area contributed by atoms with Crippen molar-refractivity contribution in [2.24, 2.45) is 46.3 Å². The molecule has 0 aromatic rings. The fourth-order valence-electron chi connectivity index (χ4n) is 9.66. The Morgan fingerprint density at radius 3 is 2.38 bits per heavy atom. The zero-order valence-electron chi connectivity index (χ0n) is 26.7. The summed E-state index contributed by atoms with van der Waals surface area (Å²) in [4.78, 5) is 0. The van der Waals surface area contributed by atoms with E-state index in [0.717, 1.165) is 29.6 Å². The lowest BCUT2D eigenvalue weighted by molar-refractivity contribution is -0.0563. The predicted octanol–water partition coefficient (Wildman–Crippen LogP) is 11.0. The predicted molar refractivity (Wildman–Crippen MR) is 164 cm³/mol. The molecule has 0 heterocycles. The molecule has 0 aromatic carbocycles. The van der Waals surface area contributed by atoms with Crippen molar-refractivity contribution >= 4 is 8.32 Å². The molecule has 8 atom stereocenters. The van der Waals surface area contributed by atoms with Gasteiger partial charge in [-0.3, -0.25) is 0 Å². The van der Waals surface area contributed by atoms with Crippen LogP contribution in [0.15, 0.2) is 23.3 Å². The summed E-state index contributed by atoms with van der Waals surface area (Å²) >= 11 is 0. The Labute approximate surface area is 232 Å². The van der Waals surface area contributed by atoms with Gasteiger partial charge in [-0.1, -0.05) is 78.7 Å². The SMILES string of the molecule is C/C=C(/CC[C@@H](C)[C@H]1CC[C@H]2[C@@H]3CC=C4C[C@@H](O[Si](C)(C)C(C)(C)C)CC[C@]4(C)[C@H]3CC[C@]12C)C(C)C. The lowest BCUT2D eigenvalue weighted by atomic mass is 9.47. The van der Waals surface area contributed by atoms with Crippen molar-refractivity contribution in [2.45, 2.75) is 151 Å². The molecular weight excluding hydrogens is 464 g/mol. The maximum absolute atomic E-state index is 6.96. The molecule has 0 unspecified atom stereocenters. The maximum atomic E-state index is 6.96. The van der Waals surface area contributed by atoms with Crippen molar-refractivity contribution in [3.63, 3.8) is 0 Å². The summed E-state index contributed by atoms with van der Waals surface area (Å²) in [5.74, 6) is 5.25. The molecular formula is C35H62OSi. The second kappa shape index (κ2) is 10.6. The first kappa shape index (κ1) is 29.6. The van der Waals surface area contributed by atoms with E-state index in [-0.39, 0.29) is 0 Å². The van der Waals surface area contributed by atoms with Crippen molar-refractivity contribution in [1.82, 2.24) is 0 Å². The average molecular weight is 527 g/mol. The van der Waals surface area contributed by atoms with Gasteiger partial charge in [0.25, 0.3) is 0 Å². The van der Waals surface area contributed by atoms with Gasteiger partial charge in [0.15, 0.2) is 8.32 Å². The van der Waals surface area contributed by atoms with Crippen LogP contribution < -0.4 is 0 Å². The van der Waals surface area contributed by atoms with Gasteiger partial charge in [-0.15, -0.1) is 0 Å². The van der Waals surface area contributed by atoms with Gasteiger partial charge < -0.3 is 4.43 Å². The highest BCUT2D eigenvalue weighted by Crippen LogP contribution is 2.67. The molecule has 0 saturated heterocycles. The Balaban J connectivity index is 1.45. The Kier molecular flexibility index (Phi) is 8.47. The zero-order chi connectivity index (χ0) is 27.4. The Hall–Kier alpha value is -0.343. The molecule has 37 heavy (non-hydrogen) atoms. The zero-order valence-corrected chi connectivity index (χ0v) is 27.7. The first-order valence-electron chi connectivity index (χ1n) is 16.2. The number of rotatable bonds is 7. The maximum Gasteiger partial charge on any atom is 0.192 e. The molecule has 0 amide bonds. The van der Waals surface area contributed by atoms with E-state index >= 15 is 0 Å². The summed E-state index contributed by atoms with van der Waals surface area (Å²) in [6.07, 6.45) is 19.4. The van der Waals surface area contributed by atoms with Gasteiger partial charge in [-0.05, 0) is 136 Å². The minimum Gasteiger partial charge on any atom is -0.414 e. The van der Waals surface area contributed by atoms with E-state index in [9.17, 15) is 0 Å². The third-order valence-electron chi connectivity index (χ3n) is 13.1. The van der Waals surface area contributed by atoms with Crippen LogP contribution in [0, 0.1) is 46.3 Å². The summed E-state index contributed by atoms with van der Waals surface area (Å²) in [6.45, 7) is 27.0. The first-order valence-corrected chi connectivity index (χ1v) is 19.1. The van der Waals surface area contributed by atoms with Crippen LogP contribution in [0.4, 0.5) is 0 Å². The molecule has 4 aliphatic carbocycles. The van der Waals surface area contributed by atoms with E-state index < -0.39 is 8.32 Å². The molecule has 0 N–H and O–H groups in total. The summed E-state index contributed by atoms with van der Waals surface area (Å²) in [6, 6.07) is 0. The van der Waals surface area contributed by atoms with Crippen molar-refractivity contribution in [1.29, 1.82) is 0 Å². The van der Waals surface area contributed by atoms with Gasteiger partial charge in [0, 0.05) is 6.10 Å². The molecule has 4 aliphatic rings. The highest BCUT2D eigenvalue weighted by atomic mass is 28.4. The molecule has 0 spiro atoms. The molecule has 3 saturated carbocycles. The summed E-state index contributed by atoms with van der Waals surface area (Å²) < 4.78 is 6.96. The fourth-order valence-corrected chi connectivity index (χ4v) is 11.0. The molecule has 0 aliphatic heterocycles. The van der Waals surface area contributed by atoms with Gasteiger partial charge in [-0.2, -0.15) is 0 Å². The van der Waals surface area contributed by atoms with E-state index in [2.05, 4.69) is 87.6 Å². The lowest BCUT2D eigenvalue weighted by Gasteiger charge is -2.59. The Morgan fingerprint density at radius 1 is 1.05 bits per heavy atom. The minimum absolute atomic E-state index is 0.299. The van der Waals surface area contributed by atoms with Crippen LogP contribution in [0.3, 0.4) is 0 Å². The van der Waals surface area contributed by atoms with E-state index in [4.69, 9.17) is 4.43 Å². The number of hydrogen-bond acceptors (Lipinski definition) is 1. The highest BCUT2D eigenvalue weighted by molar-refractivity contribution is 6.74. The van der Waals surface area contributed by atoms with Gasteiger partial charge in [0.2, 0.25) is 0 Å². The second-order valence-corrected chi connectivity index (χ2v) is 21.0. The van der Waals surface area contributed by atoms with Gasteiger partial charge >= 0.3 is 0 Å². The molecule has 3 fully saturated rings. The van der Waals surface area contributed by atoms with Crippen LogP contribution in [-0.2, 0) is 4.43 Å². The monoisotopic (exact) mass is 526 g/mol. The van der Waals surface area contributed by atoms with Crippen molar-refractivity contribution < 1.29 is 4.43 Å². The lowest BCUT2D eigenvalue weighted by Crippen LogP contribution is -2.52. The molecule has 0 bridgehead atoms. The molecule has 0 aromatic heterocycles. The van der Waals surface area contributed by atoms with Crippen LogP contribution in [0.5, 0.6) is 0 Å². The Bertz CT molecular complexity index is 874. The van der Waals surface area contributed by atoms with Crippen LogP contribution in [0.25, 0.3) is 0 Å². The van der Waals surface area contributed by atoms with Gasteiger partial charge in [0.1, 0.15) is 0 Å². The summed E-state index contributed by atoms with van der Waals surface area (Å²) in [7, 11) is -1.71. The van der Waals surface area contributed by atoms with E-state index in [0.29, 0.717) is 27.9 Å². The van der Waals surface area contributed by atoms with Crippen molar-refractivity contribution in [3.8, 4) is 0 Å². The van der Waals surface area contributed by atoms with E-state index in [1.54, 1.807) is 11.1 Å². The highest BCUT2D eigenvalue weighted by Gasteiger charge is 2.59. The third kappa shape index (κ3) is 5.38. The minimum atomic E-state index is -1.71. The van der Waals surface area contributed by atoms with Gasteiger partial charge in [-0.25, -0.2) is 0 Å². The van der Waals surface area contributed by atoms with E-state index in [1.165, 1.54) is 64.2 Å². The average Bonchev–Trinajstić information content (AvgIpc) is 3.15. The van der Waals surface area contributed by atoms with Crippen LogP contribution in [0.2, 0.25) is 18.1 Å². The summed E-state index contributed by atoms with van der Waals surface area (Å²) in [5, 5.41) is 0.299.